The van der Waals surface area contributed by atoms with Crippen LogP contribution in [0, 0.1) is 5.92 Å². The average Bonchev–Trinajstić information content (AvgIpc) is 2.79. The number of amides is 3. The molecule has 0 heterocycles. The minimum atomic E-state index is -1.50. The van der Waals surface area contributed by atoms with E-state index in [1.807, 2.05) is 0 Å². The van der Waals surface area contributed by atoms with Crippen LogP contribution < -0.4 is 21.7 Å². The molecule has 1 rings (SSSR count). The molecule has 13 nitrogen and oxygen atoms in total. The van der Waals surface area contributed by atoms with Gasteiger partial charge in [-0.2, -0.15) is 0 Å². The fraction of sp³-hybridized carbons (Fsp3) is 0.522. The smallest absolute Gasteiger partial charge is 0.326 e. The predicted octanol–water partition coefficient (Wildman–Crippen LogP) is -1.30. The third-order valence-corrected chi connectivity index (χ3v) is 5.35. The normalized spacial score (nSPS) is 15.2. The molecule has 0 spiro atoms. The molecule has 0 aliphatic heterocycles. The molecule has 13 heteroatoms. The predicted molar refractivity (Wildman–Crippen MR) is 127 cm³/mol. The highest BCUT2D eigenvalue weighted by molar-refractivity contribution is 5.94. The largest absolute Gasteiger partial charge is 0.508 e. The average molecular weight is 511 g/mol. The number of carboxylic acids is 2. The number of carbonyl (C=O) groups is 5. The van der Waals surface area contributed by atoms with E-state index in [1.54, 1.807) is 13.8 Å². The summed E-state index contributed by atoms with van der Waals surface area (Å²) in [6.45, 7) is 4.60. The van der Waals surface area contributed by atoms with Crippen LogP contribution in [0.5, 0.6) is 5.75 Å². The molecule has 9 N–H and O–H groups in total. The van der Waals surface area contributed by atoms with Crippen molar-refractivity contribution >= 4 is 29.7 Å². The number of aromatic hydroxyl groups is 1. The van der Waals surface area contributed by atoms with E-state index in [9.17, 15) is 39.3 Å². The summed E-state index contributed by atoms with van der Waals surface area (Å²) in [4.78, 5) is 60.8. The van der Waals surface area contributed by atoms with Gasteiger partial charge in [0.1, 0.15) is 23.9 Å². The lowest BCUT2D eigenvalue weighted by molar-refractivity contribution is -0.143. The molecule has 0 radical (unpaired) electrons. The van der Waals surface area contributed by atoms with Crippen molar-refractivity contribution in [1.29, 1.82) is 0 Å². The van der Waals surface area contributed by atoms with Crippen LogP contribution >= 0.6 is 0 Å². The highest BCUT2D eigenvalue weighted by atomic mass is 16.4. The molecule has 1 aromatic carbocycles. The van der Waals surface area contributed by atoms with Crippen LogP contribution in [0.25, 0.3) is 0 Å². The van der Waals surface area contributed by atoms with Gasteiger partial charge in [0.15, 0.2) is 0 Å². The van der Waals surface area contributed by atoms with Crippen molar-refractivity contribution in [1.82, 2.24) is 16.0 Å². The van der Waals surface area contributed by atoms with E-state index < -0.39 is 66.4 Å². The van der Waals surface area contributed by atoms with E-state index in [0.717, 1.165) is 0 Å². The molecule has 0 fully saturated rings. The quantitative estimate of drug-likeness (QED) is 0.147. The van der Waals surface area contributed by atoms with Crippen molar-refractivity contribution < 1.29 is 44.4 Å². The van der Waals surface area contributed by atoms with Crippen molar-refractivity contribution in [2.45, 2.75) is 70.3 Å². The Kier molecular flexibility index (Phi) is 11.8. The zero-order valence-corrected chi connectivity index (χ0v) is 20.3. The summed E-state index contributed by atoms with van der Waals surface area (Å²) in [6.07, 6.45) is -2.46. The number of benzene rings is 1. The zero-order chi connectivity index (χ0) is 27.6. The van der Waals surface area contributed by atoms with Crippen LogP contribution in [0.3, 0.4) is 0 Å². The Morgan fingerprint density at radius 2 is 1.42 bits per heavy atom. The summed E-state index contributed by atoms with van der Waals surface area (Å²) in [5.41, 5.74) is 6.26. The first-order valence-corrected chi connectivity index (χ1v) is 11.3. The van der Waals surface area contributed by atoms with Crippen LogP contribution in [0.15, 0.2) is 24.3 Å². The Morgan fingerprint density at radius 1 is 0.861 bits per heavy atom. The molecule has 1 aromatic rings. The van der Waals surface area contributed by atoms with Gasteiger partial charge in [-0.25, -0.2) is 4.79 Å². The van der Waals surface area contributed by atoms with E-state index in [2.05, 4.69) is 16.0 Å². The van der Waals surface area contributed by atoms with Crippen molar-refractivity contribution in [2.75, 3.05) is 0 Å². The van der Waals surface area contributed by atoms with Gasteiger partial charge in [0, 0.05) is 12.8 Å². The molecule has 200 valence electrons. The van der Waals surface area contributed by atoms with Crippen LogP contribution in [0.1, 0.15) is 39.2 Å². The van der Waals surface area contributed by atoms with Crippen LogP contribution in [-0.4, -0.2) is 80.4 Å². The van der Waals surface area contributed by atoms with Crippen LogP contribution in [0.4, 0.5) is 0 Å². The number of hydrogen-bond donors (Lipinski definition) is 8. The lowest BCUT2D eigenvalue weighted by atomic mass is 10.0. The van der Waals surface area contributed by atoms with Gasteiger partial charge in [0.25, 0.3) is 0 Å². The second-order valence-corrected chi connectivity index (χ2v) is 8.76. The summed E-state index contributed by atoms with van der Waals surface area (Å²) in [5, 5.41) is 44.8. The number of nitrogens with one attached hydrogen (secondary N) is 3. The third-order valence-electron chi connectivity index (χ3n) is 5.35. The van der Waals surface area contributed by atoms with Crippen LogP contribution in [-0.2, 0) is 30.4 Å². The first-order valence-electron chi connectivity index (χ1n) is 11.3. The summed E-state index contributed by atoms with van der Waals surface area (Å²) in [5.74, 6) is -5.59. The zero-order valence-electron chi connectivity index (χ0n) is 20.3. The summed E-state index contributed by atoms with van der Waals surface area (Å²) in [7, 11) is 0. The van der Waals surface area contributed by atoms with Gasteiger partial charge in [-0.05, 0) is 37.0 Å². The number of aliphatic hydroxyl groups is 1. The topological polar surface area (TPSA) is 228 Å². The number of phenols is 1. The highest BCUT2D eigenvalue weighted by Crippen LogP contribution is 2.12. The van der Waals surface area contributed by atoms with E-state index >= 15 is 0 Å². The Morgan fingerprint density at radius 3 is 1.89 bits per heavy atom. The highest BCUT2D eigenvalue weighted by Gasteiger charge is 2.33. The molecule has 0 saturated heterocycles. The molecule has 0 aliphatic rings. The van der Waals surface area contributed by atoms with Gasteiger partial charge >= 0.3 is 11.9 Å². The molecule has 3 amide bonds. The lowest BCUT2D eigenvalue weighted by Crippen LogP contribution is -2.60. The molecule has 0 bridgehead atoms. The fourth-order valence-corrected chi connectivity index (χ4v) is 3.10. The summed E-state index contributed by atoms with van der Waals surface area (Å²) >= 11 is 0. The number of aliphatic carboxylic acids is 2. The van der Waals surface area contributed by atoms with Gasteiger partial charge in [-0.15, -0.1) is 0 Å². The first kappa shape index (κ1) is 30.3. The molecule has 5 unspecified atom stereocenters. The maximum Gasteiger partial charge on any atom is 0.326 e. The van der Waals surface area contributed by atoms with E-state index in [1.165, 1.54) is 31.2 Å². The molecule has 36 heavy (non-hydrogen) atoms. The van der Waals surface area contributed by atoms with Gasteiger partial charge in [0.2, 0.25) is 17.7 Å². The number of nitrogens with two attached hydrogens (primary N) is 1. The second-order valence-electron chi connectivity index (χ2n) is 8.76. The summed E-state index contributed by atoms with van der Waals surface area (Å²) < 4.78 is 0. The standard InChI is InChI=1S/C23H34N4O9/c1-11(2)18(24)21(33)27-19(12(3)28)22(34)25-15(8-9-17(30)31)20(32)26-16(23(35)36)10-13-4-6-14(29)7-5-13/h4-7,11-12,15-16,18-19,28-29H,8-10,24H2,1-3H3,(H,25,34)(H,26,32)(H,27,33)(H,30,31)(H,35,36). The number of rotatable bonds is 14. The van der Waals surface area contributed by atoms with Gasteiger partial charge in [-0.3, -0.25) is 19.2 Å². The SMILES string of the molecule is CC(C)C(N)C(=O)NC(C(=O)NC(CCC(=O)O)C(=O)NC(Cc1ccc(O)cc1)C(=O)O)C(C)O. The Labute approximate surface area is 208 Å². The molecule has 0 aromatic heterocycles. The molecule has 0 aliphatic carbocycles. The minimum absolute atomic E-state index is 0.0276. The Bertz CT molecular complexity index is 934. The molecule has 0 saturated carbocycles. The van der Waals surface area contributed by atoms with Gasteiger partial charge < -0.3 is 42.1 Å². The van der Waals surface area contributed by atoms with Crippen molar-refractivity contribution in [3.05, 3.63) is 29.8 Å². The second kappa shape index (κ2) is 14.0. The Hall–Kier alpha value is -3.71. The Balaban J connectivity index is 3.03. The third kappa shape index (κ3) is 9.88. The fourth-order valence-electron chi connectivity index (χ4n) is 3.10. The number of phenolic OH excluding ortho intramolecular Hbond substituents is 1. The molecule has 5 atom stereocenters. The van der Waals surface area contributed by atoms with E-state index in [-0.39, 0.29) is 24.5 Å². The lowest BCUT2D eigenvalue weighted by Gasteiger charge is -2.27. The summed E-state index contributed by atoms with van der Waals surface area (Å²) in [6, 6.07) is 0.256. The number of hydrogen-bond acceptors (Lipinski definition) is 8. The van der Waals surface area contributed by atoms with Crippen molar-refractivity contribution in [3.8, 4) is 5.75 Å². The van der Waals surface area contributed by atoms with Crippen molar-refractivity contribution in [2.24, 2.45) is 11.7 Å². The monoisotopic (exact) mass is 510 g/mol. The minimum Gasteiger partial charge on any atom is -0.508 e. The van der Waals surface area contributed by atoms with Gasteiger partial charge in [0.05, 0.1) is 12.1 Å². The van der Waals surface area contributed by atoms with Crippen LogP contribution in [0.2, 0.25) is 0 Å². The van der Waals surface area contributed by atoms with Gasteiger partial charge in [-0.1, -0.05) is 26.0 Å². The number of carboxylic acid groups (broad SMARTS) is 2. The first-order chi connectivity index (χ1) is 16.7. The number of carbonyl (C=O) groups excluding carboxylic acids is 3. The van der Waals surface area contributed by atoms with Crippen molar-refractivity contribution in [3.63, 3.8) is 0 Å². The maximum absolute atomic E-state index is 12.9. The molecular formula is C23H34N4O9. The van der Waals surface area contributed by atoms with E-state index in [4.69, 9.17) is 10.8 Å². The number of aliphatic hydroxyl groups excluding tert-OH is 1. The van der Waals surface area contributed by atoms with E-state index in [0.29, 0.717) is 5.56 Å². The molecular weight excluding hydrogens is 476 g/mol. The maximum atomic E-state index is 12.9.